The summed E-state index contributed by atoms with van der Waals surface area (Å²) in [5, 5.41) is 8.66. The molecule has 76 valence electrons. The SMILES string of the molecule is Cc1c(C(F)F)ncc(C(=O)O)c1Br. The third-order valence-corrected chi connectivity index (χ3v) is 2.74. The average molecular weight is 266 g/mol. The number of hydrogen-bond acceptors (Lipinski definition) is 2. The van der Waals surface area contributed by atoms with Crippen LogP contribution in [0.4, 0.5) is 8.78 Å². The zero-order valence-corrected chi connectivity index (χ0v) is 8.68. The maximum atomic E-state index is 12.3. The van der Waals surface area contributed by atoms with E-state index >= 15 is 0 Å². The van der Waals surface area contributed by atoms with Crippen LogP contribution in [0.2, 0.25) is 0 Å². The van der Waals surface area contributed by atoms with Crippen LogP contribution < -0.4 is 0 Å². The van der Waals surface area contributed by atoms with E-state index in [1.54, 1.807) is 0 Å². The number of aromatic nitrogens is 1. The molecular formula is C8H6BrF2NO2. The molecule has 0 amide bonds. The molecule has 0 spiro atoms. The van der Waals surface area contributed by atoms with Crippen LogP contribution in [0.25, 0.3) is 0 Å². The van der Waals surface area contributed by atoms with Gasteiger partial charge in [0, 0.05) is 10.7 Å². The molecule has 0 aliphatic carbocycles. The summed E-state index contributed by atoms with van der Waals surface area (Å²) >= 11 is 2.95. The molecule has 0 aliphatic rings. The van der Waals surface area contributed by atoms with E-state index in [-0.39, 0.29) is 15.6 Å². The smallest absolute Gasteiger partial charge is 0.338 e. The maximum absolute atomic E-state index is 12.3. The molecule has 3 nitrogen and oxygen atoms in total. The zero-order chi connectivity index (χ0) is 10.9. The van der Waals surface area contributed by atoms with Gasteiger partial charge in [-0.2, -0.15) is 0 Å². The summed E-state index contributed by atoms with van der Waals surface area (Å²) in [4.78, 5) is 14.0. The molecule has 1 aromatic heterocycles. The molecule has 0 fully saturated rings. The normalized spacial score (nSPS) is 10.6. The van der Waals surface area contributed by atoms with E-state index in [2.05, 4.69) is 20.9 Å². The van der Waals surface area contributed by atoms with Gasteiger partial charge in [0.1, 0.15) is 5.69 Å². The van der Waals surface area contributed by atoms with Crippen LogP contribution in [-0.2, 0) is 0 Å². The van der Waals surface area contributed by atoms with Crippen molar-refractivity contribution in [2.45, 2.75) is 13.3 Å². The minimum absolute atomic E-state index is 0.119. The van der Waals surface area contributed by atoms with Gasteiger partial charge in [-0.3, -0.25) is 4.98 Å². The van der Waals surface area contributed by atoms with E-state index in [1.807, 2.05) is 0 Å². The van der Waals surface area contributed by atoms with Gasteiger partial charge in [-0.25, -0.2) is 13.6 Å². The molecule has 1 rings (SSSR count). The lowest BCUT2D eigenvalue weighted by molar-refractivity contribution is 0.0694. The second kappa shape index (κ2) is 4.00. The summed E-state index contributed by atoms with van der Waals surface area (Å²) in [6.07, 6.45) is -1.78. The number of pyridine rings is 1. The summed E-state index contributed by atoms with van der Waals surface area (Å²) in [6.45, 7) is 1.39. The van der Waals surface area contributed by atoms with Gasteiger partial charge >= 0.3 is 5.97 Å². The van der Waals surface area contributed by atoms with Gasteiger partial charge in [0.15, 0.2) is 0 Å². The molecule has 14 heavy (non-hydrogen) atoms. The van der Waals surface area contributed by atoms with Crippen molar-refractivity contribution in [3.63, 3.8) is 0 Å². The Labute approximate surface area is 86.9 Å². The second-order valence-corrected chi connectivity index (χ2v) is 3.39. The fourth-order valence-electron chi connectivity index (χ4n) is 0.971. The van der Waals surface area contributed by atoms with Gasteiger partial charge in [0.05, 0.1) is 5.56 Å². The van der Waals surface area contributed by atoms with Crippen LogP contribution in [0.1, 0.15) is 28.0 Å². The highest BCUT2D eigenvalue weighted by Gasteiger charge is 2.19. The molecule has 0 unspecified atom stereocenters. The molecule has 0 aliphatic heterocycles. The Morgan fingerprint density at radius 1 is 1.64 bits per heavy atom. The lowest BCUT2D eigenvalue weighted by atomic mass is 10.1. The minimum Gasteiger partial charge on any atom is -0.478 e. The van der Waals surface area contributed by atoms with Crippen molar-refractivity contribution >= 4 is 21.9 Å². The molecule has 1 aromatic rings. The Hall–Kier alpha value is -1.04. The maximum Gasteiger partial charge on any atom is 0.338 e. The standard InChI is InChI=1S/C8H6BrF2NO2/c1-3-5(9)4(8(13)14)2-12-6(3)7(10)11/h2,7H,1H3,(H,13,14). The molecule has 0 saturated heterocycles. The molecule has 0 radical (unpaired) electrons. The number of halogens is 3. The van der Waals surface area contributed by atoms with E-state index in [9.17, 15) is 13.6 Å². The van der Waals surface area contributed by atoms with Crippen LogP contribution in [0.3, 0.4) is 0 Å². The number of hydrogen-bond donors (Lipinski definition) is 1. The number of alkyl halides is 2. The third-order valence-electron chi connectivity index (χ3n) is 1.72. The van der Waals surface area contributed by atoms with Crippen LogP contribution in [0.5, 0.6) is 0 Å². The fourth-order valence-corrected chi connectivity index (χ4v) is 1.45. The summed E-state index contributed by atoms with van der Waals surface area (Å²) in [7, 11) is 0. The van der Waals surface area contributed by atoms with Crippen molar-refractivity contribution in [1.29, 1.82) is 0 Å². The topological polar surface area (TPSA) is 50.2 Å². The molecule has 1 heterocycles. The van der Waals surface area contributed by atoms with Crippen LogP contribution >= 0.6 is 15.9 Å². The first-order valence-electron chi connectivity index (χ1n) is 3.61. The fraction of sp³-hybridized carbons (Fsp3) is 0.250. The molecule has 0 bridgehead atoms. The minimum atomic E-state index is -2.70. The molecule has 0 atom stereocenters. The van der Waals surface area contributed by atoms with Gasteiger partial charge in [0.25, 0.3) is 6.43 Å². The second-order valence-electron chi connectivity index (χ2n) is 2.60. The summed E-state index contributed by atoms with van der Waals surface area (Å²) < 4.78 is 24.8. The first-order valence-corrected chi connectivity index (χ1v) is 4.41. The molecular weight excluding hydrogens is 260 g/mol. The van der Waals surface area contributed by atoms with E-state index in [0.29, 0.717) is 0 Å². The summed E-state index contributed by atoms with van der Waals surface area (Å²) in [6, 6.07) is 0. The highest BCUT2D eigenvalue weighted by atomic mass is 79.9. The van der Waals surface area contributed by atoms with Crippen molar-refractivity contribution in [2.75, 3.05) is 0 Å². The van der Waals surface area contributed by atoms with Crippen molar-refractivity contribution < 1.29 is 18.7 Å². The Balaban J connectivity index is 3.33. The number of rotatable bonds is 2. The van der Waals surface area contributed by atoms with Crippen LogP contribution in [-0.4, -0.2) is 16.1 Å². The molecule has 0 saturated carbocycles. The Kier molecular flexibility index (Phi) is 3.15. The number of carbonyl (C=O) groups is 1. The Bertz CT molecular complexity index is 382. The van der Waals surface area contributed by atoms with Gasteiger partial charge < -0.3 is 5.11 Å². The van der Waals surface area contributed by atoms with Gasteiger partial charge in [-0.1, -0.05) is 0 Å². The Morgan fingerprint density at radius 3 is 2.64 bits per heavy atom. The van der Waals surface area contributed by atoms with Gasteiger partial charge in [-0.15, -0.1) is 0 Å². The van der Waals surface area contributed by atoms with Crippen molar-refractivity contribution in [3.8, 4) is 0 Å². The predicted octanol–water partition coefficient (Wildman–Crippen LogP) is 2.79. The lowest BCUT2D eigenvalue weighted by Crippen LogP contribution is -2.04. The van der Waals surface area contributed by atoms with E-state index in [4.69, 9.17) is 5.11 Å². The quantitative estimate of drug-likeness (QED) is 0.895. The highest BCUT2D eigenvalue weighted by molar-refractivity contribution is 9.10. The number of aromatic carboxylic acids is 1. The molecule has 6 heteroatoms. The third kappa shape index (κ3) is 1.89. The zero-order valence-electron chi connectivity index (χ0n) is 7.09. The highest BCUT2D eigenvalue weighted by Crippen LogP contribution is 2.28. The largest absolute Gasteiger partial charge is 0.478 e. The van der Waals surface area contributed by atoms with Crippen molar-refractivity contribution in [2.24, 2.45) is 0 Å². The first-order chi connectivity index (χ1) is 6.45. The molecule has 1 N–H and O–H groups in total. The van der Waals surface area contributed by atoms with Crippen LogP contribution in [0, 0.1) is 6.92 Å². The van der Waals surface area contributed by atoms with Crippen LogP contribution in [0.15, 0.2) is 10.7 Å². The monoisotopic (exact) mass is 265 g/mol. The van der Waals surface area contributed by atoms with Crippen molar-refractivity contribution in [1.82, 2.24) is 4.98 Å². The number of carboxylic acids is 1. The first kappa shape index (κ1) is 11.0. The number of nitrogens with zero attached hydrogens (tertiary/aromatic N) is 1. The summed E-state index contributed by atoms with van der Waals surface area (Å²) in [5.41, 5.74) is -0.367. The predicted molar refractivity (Wildman–Crippen MR) is 48.6 cm³/mol. The van der Waals surface area contributed by atoms with Crippen molar-refractivity contribution in [3.05, 3.63) is 27.5 Å². The summed E-state index contributed by atoms with van der Waals surface area (Å²) in [5.74, 6) is -1.20. The average Bonchev–Trinajstić information content (AvgIpc) is 2.08. The van der Waals surface area contributed by atoms with E-state index in [0.717, 1.165) is 6.20 Å². The van der Waals surface area contributed by atoms with E-state index < -0.39 is 18.1 Å². The van der Waals surface area contributed by atoms with Gasteiger partial charge in [-0.05, 0) is 28.4 Å². The van der Waals surface area contributed by atoms with E-state index in [1.165, 1.54) is 6.92 Å². The van der Waals surface area contributed by atoms with Gasteiger partial charge in [0.2, 0.25) is 0 Å². The Morgan fingerprint density at radius 2 is 2.21 bits per heavy atom. The molecule has 0 aromatic carbocycles. The number of carboxylic acid groups (broad SMARTS) is 1. The lowest BCUT2D eigenvalue weighted by Gasteiger charge is -2.07.